The highest BCUT2D eigenvalue weighted by Gasteiger charge is 2.28. The minimum Gasteiger partial charge on any atom is -0.362 e. The van der Waals surface area contributed by atoms with Crippen molar-refractivity contribution >= 4 is 11.8 Å². The molecule has 132 valence electrons. The Labute approximate surface area is 149 Å². The number of benzene rings is 1. The van der Waals surface area contributed by atoms with Crippen LogP contribution in [0.3, 0.4) is 0 Å². The predicted molar refractivity (Wildman–Crippen MR) is 101 cm³/mol. The van der Waals surface area contributed by atoms with Crippen LogP contribution in [0.25, 0.3) is 0 Å². The smallest absolute Gasteiger partial charge is 0.317 e. The van der Waals surface area contributed by atoms with Crippen LogP contribution in [0.1, 0.15) is 24.0 Å². The molecule has 2 aromatic rings. The summed E-state index contributed by atoms with van der Waals surface area (Å²) in [5, 5.41) is 3.07. The number of aromatic nitrogens is 1. The summed E-state index contributed by atoms with van der Waals surface area (Å²) in [7, 11) is 3.92. The van der Waals surface area contributed by atoms with E-state index < -0.39 is 0 Å². The molecule has 1 aromatic carbocycles. The molecule has 0 bridgehead atoms. The van der Waals surface area contributed by atoms with Crippen molar-refractivity contribution in [2.45, 2.75) is 31.8 Å². The fourth-order valence-electron chi connectivity index (χ4n) is 3.44. The molecule has 3 rings (SSSR count). The van der Waals surface area contributed by atoms with Crippen LogP contribution in [0.15, 0.2) is 48.7 Å². The topological polar surface area (TPSA) is 48.5 Å². The normalized spacial score (nSPS) is 16.7. The van der Waals surface area contributed by atoms with Crippen molar-refractivity contribution in [3.05, 3.63) is 59.8 Å². The highest BCUT2D eigenvalue weighted by Crippen LogP contribution is 2.21. The molecule has 1 aliphatic heterocycles. The highest BCUT2D eigenvalue weighted by atomic mass is 16.2. The van der Waals surface area contributed by atoms with Gasteiger partial charge in [0.2, 0.25) is 0 Å². The summed E-state index contributed by atoms with van der Waals surface area (Å²) in [5.74, 6) is 0.894. The van der Waals surface area contributed by atoms with Crippen molar-refractivity contribution < 1.29 is 4.79 Å². The van der Waals surface area contributed by atoms with Gasteiger partial charge in [-0.25, -0.2) is 9.78 Å². The Hall–Kier alpha value is -2.56. The lowest BCUT2D eigenvalue weighted by Gasteiger charge is -2.25. The molecule has 1 unspecified atom stereocenters. The number of carbonyl (C=O) groups excluding carboxylic acids is 1. The lowest BCUT2D eigenvalue weighted by Crippen LogP contribution is -2.43. The largest absolute Gasteiger partial charge is 0.362 e. The van der Waals surface area contributed by atoms with Crippen LogP contribution in [-0.2, 0) is 13.0 Å². The van der Waals surface area contributed by atoms with E-state index in [4.69, 9.17) is 0 Å². The van der Waals surface area contributed by atoms with Gasteiger partial charge < -0.3 is 15.1 Å². The Morgan fingerprint density at radius 1 is 1.24 bits per heavy atom. The number of urea groups is 1. The van der Waals surface area contributed by atoms with Crippen molar-refractivity contribution in [3.63, 3.8) is 0 Å². The third kappa shape index (κ3) is 4.29. The molecular weight excluding hydrogens is 312 g/mol. The van der Waals surface area contributed by atoms with Gasteiger partial charge in [0.15, 0.2) is 0 Å². The maximum Gasteiger partial charge on any atom is 0.317 e. The molecule has 5 nitrogen and oxygen atoms in total. The number of carbonyl (C=O) groups is 1. The lowest BCUT2D eigenvalue weighted by molar-refractivity contribution is 0.192. The first-order valence-corrected chi connectivity index (χ1v) is 8.85. The van der Waals surface area contributed by atoms with E-state index in [0.717, 1.165) is 37.2 Å². The fraction of sp³-hybridized carbons (Fsp3) is 0.400. The van der Waals surface area contributed by atoms with Gasteiger partial charge in [-0.3, -0.25) is 0 Å². The molecular formula is C20H26N4O. The van der Waals surface area contributed by atoms with Gasteiger partial charge in [-0.2, -0.15) is 0 Å². The van der Waals surface area contributed by atoms with E-state index >= 15 is 0 Å². The van der Waals surface area contributed by atoms with Crippen LogP contribution in [0.5, 0.6) is 0 Å². The number of nitrogens with zero attached hydrogens (tertiary/aromatic N) is 3. The number of nitrogens with one attached hydrogen (secondary N) is 1. The molecule has 2 heterocycles. The second-order valence-electron chi connectivity index (χ2n) is 6.72. The van der Waals surface area contributed by atoms with Crippen molar-refractivity contribution in [2.24, 2.45) is 0 Å². The lowest BCUT2D eigenvalue weighted by atomic mass is 10.0. The molecule has 0 aliphatic carbocycles. The zero-order valence-electron chi connectivity index (χ0n) is 15.0. The van der Waals surface area contributed by atoms with Gasteiger partial charge in [-0.1, -0.05) is 36.4 Å². The van der Waals surface area contributed by atoms with Gasteiger partial charge in [-0.05, 0) is 30.9 Å². The Balaban J connectivity index is 1.61. The first-order valence-electron chi connectivity index (χ1n) is 8.85. The summed E-state index contributed by atoms with van der Waals surface area (Å²) in [4.78, 5) is 21.0. The molecule has 1 atom stereocenters. The molecule has 0 saturated carbocycles. The van der Waals surface area contributed by atoms with Crippen LogP contribution >= 0.6 is 0 Å². The second-order valence-corrected chi connectivity index (χ2v) is 6.72. The number of likely N-dealkylation sites (tertiary alicyclic amines) is 1. The van der Waals surface area contributed by atoms with E-state index in [1.807, 2.05) is 42.1 Å². The van der Waals surface area contributed by atoms with Crippen LogP contribution in [0.2, 0.25) is 0 Å². The maximum absolute atomic E-state index is 12.7. The monoisotopic (exact) mass is 338 g/mol. The zero-order valence-corrected chi connectivity index (χ0v) is 15.0. The van der Waals surface area contributed by atoms with Gasteiger partial charge in [0.1, 0.15) is 5.82 Å². The Bertz CT molecular complexity index is 702. The minimum absolute atomic E-state index is 0.0204. The Kier molecular flexibility index (Phi) is 5.53. The van der Waals surface area contributed by atoms with Crippen molar-refractivity contribution in [1.29, 1.82) is 0 Å². The van der Waals surface area contributed by atoms with Gasteiger partial charge >= 0.3 is 6.03 Å². The molecule has 25 heavy (non-hydrogen) atoms. The summed E-state index contributed by atoms with van der Waals surface area (Å²) < 4.78 is 0. The first-order chi connectivity index (χ1) is 12.1. The summed E-state index contributed by atoms with van der Waals surface area (Å²) in [6.45, 7) is 1.33. The molecule has 1 aliphatic rings. The fourth-order valence-corrected chi connectivity index (χ4v) is 3.44. The van der Waals surface area contributed by atoms with Gasteiger partial charge in [0.25, 0.3) is 0 Å². The summed E-state index contributed by atoms with van der Waals surface area (Å²) in [6, 6.07) is 14.6. The molecule has 5 heteroatoms. The standard InChI is InChI=1S/C20H26N4O/c1-23(2)19-17(10-6-12-21-19)15-22-20(25)24-13-7-11-18(24)14-16-8-4-3-5-9-16/h3-6,8-10,12,18H,7,11,13-15H2,1-2H3,(H,22,25). The number of anilines is 1. The molecule has 1 fully saturated rings. The SMILES string of the molecule is CN(C)c1ncccc1CNC(=O)N1CCCC1Cc1ccccc1. The van der Waals surface area contributed by atoms with Crippen LogP contribution < -0.4 is 10.2 Å². The van der Waals surface area contributed by atoms with Crippen molar-refractivity contribution in [2.75, 3.05) is 25.5 Å². The summed E-state index contributed by atoms with van der Waals surface area (Å²) >= 11 is 0. The van der Waals surface area contributed by atoms with E-state index in [1.165, 1.54) is 5.56 Å². The zero-order chi connectivity index (χ0) is 17.6. The van der Waals surface area contributed by atoms with Crippen LogP contribution in [-0.4, -0.2) is 42.6 Å². The minimum atomic E-state index is 0.0204. The number of pyridine rings is 1. The van der Waals surface area contributed by atoms with Gasteiger partial charge in [-0.15, -0.1) is 0 Å². The van der Waals surface area contributed by atoms with Crippen molar-refractivity contribution in [3.8, 4) is 0 Å². The average molecular weight is 338 g/mol. The van der Waals surface area contributed by atoms with Crippen LogP contribution in [0, 0.1) is 0 Å². The second kappa shape index (κ2) is 8.01. The van der Waals surface area contributed by atoms with Crippen molar-refractivity contribution in [1.82, 2.24) is 15.2 Å². The van der Waals surface area contributed by atoms with E-state index in [1.54, 1.807) is 6.20 Å². The molecule has 0 radical (unpaired) electrons. The third-order valence-corrected chi connectivity index (χ3v) is 4.67. The highest BCUT2D eigenvalue weighted by molar-refractivity contribution is 5.75. The molecule has 1 saturated heterocycles. The first kappa shape index (κ1) is 17.3. The maximum atomic E-state index is 12.7. The number of hydrogen-bond donors (Lipinski definition) is 1. The van der Waals surface area contributed by atoms with Crippen LogP contribution in [0.4, 0.5) is 10.6 Å². The van der Waals surface area contributed by atoms with Gasteiger partial charge in [0.05, 0.1) is 0 Å². The van der Waals surface area contributed by atoms with E-state index in [0.29, 0.717) is 6.54 Å². The number of hydrogen-bond acceptors (Lipinski definition) is 3. The van der Waals surface area contributed by atoms with E-state index in [2.05, 4.69) is 34.6 Å². The summed E-state index contributed by atoms with van der Waals surface area (Å²) in [6.07, 6.45) is 4.83. The van der Waals surface area contributed by atoms with Gasteiger partial charge in [0, 0.05) is 45.0 Å². The summed E-state index contributed by atoms with van der Waals surface area (Å²) in [5.41, 5.74) is 2.31. The van der Waals surface area contributed by atoms with E-state index in [9.17, 15) is 4.79 Å². The number of amides is 2. The molecule has 1 aromatic heterocycles. The quantitative estimate of drug-likeness (QED) is 0.911. The van der Waals surface area contributed by atoms with E-state index in [-0.39, 0.29) is 12.1 Å². The molecule has 2 amide bonds. The molecule has 1 N–H and O–H groups in total. The Morgan fingerprint density at radius 2 is 2.04 bits per heavy atom. The third-order valence-electron chi connectivity index (χ3n) is 4.67. The predicted octanol–water partition coefficient (Wildman–Crippen LogP) is 3.06. The Morgan fingerprint density at radius 3 is 2.80 bits per heavy atom. The number of rotatable bonds is 5. The molecule has 0 spiro atoms. The average Bonchev–Trinajstić information content (AvgIpc) is 3.09.